The Kier molecular flexibility index (Phi) is 6.64. The molecule has 4 nitrogen and oxygen atoms in total. The van der Waals surface area contributed by atoms with Gasteiger partial charge in [0.05, 0.1) is 13.7 Å². The molecule has 0 bridgehead atoms. The zero-order valence-electron chi connectivity index (χ0n) is 12.3. The standard InChI is InChI=1S/C16H22O4/c1-4-5-12(2)11-20-15-8-7-14(19-3)10-13(15)6-9-16(17)18/h6-10,12H,4-5,11H2,1-3H3,(H,17,18). The lowest BCUT2D eigenvalue weighted by atomic mass is 10.1. The second-order valence-electron chi connectivity index (χ2n) is 4.78. The predicted octanol–water partition coefficient (Wildman–Crippen LogP) is 3.61. The molecule has 1 atom stereocenters. The first-order valence-electron chi connectivity index (χ1n) is 6.78. The van der Waals surface area contributed by atoms with Crippen LogP contribution in [0.3, 0.4) is 0 Å². The van der Waals surface area contributed by atoms with Gasteiger partial charge in [0.25, 0.3) is 0 Å². The molecule has 4 heteroatoms. The van der Waals surface area contributed by atoms with E-state index >= 15 is 0 Å². The first kappa shape index (κ1) is 16.1. The minimum Gasteiger partial charge on any atom is -0.497 e. The Morgan fingerprint density at radius 1 is 1.45 bits per heavy atom. The normalized spacial score (nSPS) is 12.3. The maximum absolute atomic E-state index is 10.6. The summed E-state index contributed by atoms with van der Waals surface area (Å²) in [5.41, 5.74) is 0.704. The van der Waals surface area contributed by atoms with E-state index in [1.165, 1.54) is 6.08 Å². The number of hydrogen-bond donors (Lipinski definition) is 1. The number of aliphatic carboxylic acids is 1. The molecule has 0 fully saturated rings. The van der Waals surface area contributed by atoms with Crippen LogP contribution in [-0.4, -0.2) is 24.8 Å². The summed E-state index contributed by atoms with van der Waals surface area (Å²) in [4.78, 5) is 10.6. The molecule has 1 unspecified atom stereocenters. The Morgan fingerprint density at radius 3 is 2.80 bits per heavy atom. The van der Waals surface area contributed by atoms with E-state index in [1.54, 1.807) is 25.3 Å². The molecule has 0 spiro atoms. The fourth-order valence-electron chi connectivity index (χ4n) is 1.88. The number of carboxylic acids is 1. The first-order valence-corrected chi connectivity index (χ1v) is 6.78. The molecule has 0 aromatic heterocycles. The molecule has 0 heterocycles. The second-order valence-corrected chi connectivity index (χ2v) is 4.78. The first-order chi connectivity index (χ1) is 9.56. The van der Waals surface area contributed by atoms with Gasteiger partial charge in [-0.05, 0) is 36.6 Å². The largest absolute Gasteiger partial charge is 0.497 e. The van der Waals surface area contributed by atoms with Crippen molar-refractivity contribution in [3.63, 3.8) is 0 Å². The van der Waals surface area contributed by atoms with Gasteiger partial charge in [0.1, 0.15) is 11.5 Å². The highest BCUT2D eigenvalue weighted by Gasteiger charge is 2.07. The molecule has 0 amide bonds. The van der Waals surface area contributed by atoms with Crippen LogP contribution in [-0.2, 0) is 4.79 Å². The van der Waals surface area contributed by atoms with Crippen molar-refractivity contribution in [2.45, 2.75) is 26.7 Å². The second kappa shape index (κ2) is 8.25. The molecule has 20 heavy (non-hydrogen) atoms. The Bertz CT molecular complexity index is 466. The predicted molar refractivity (Wildman–Crippen MR) is 79.2 cm³/mol. The summed E-state index contributed by atoms with van der Waals surface area (Å²) in [6.45, 7) is 4.90. The highest BCUT2D eigenvalue weighted by atomic mass is 16.5. The summed E-state index contributed by atoms with van der Waals surface area (Å²) in [5, 5.41) is 8.72. The third-order valence-electron chi connectivity index (χ3n) is 2.93. The van der Waals surface area contributed by atoms with Gasteiger partial charge in [0.2, 0.25) is 0 Å². The van der Waals surface area contributed by atoms with Crippen molar-refractivity contribution in [3.8, 4) is 11.5 Å². The molecular weight excluding hydrogens is 256 g/mol. The molecule has 0 aliphatic heterocycles. The summed E-state index contributed by atoms with van der Waals surface area (Å²) in [5.74, 6) is 0.826. The van der Waals surface area contributed by atoms with Crippen LogP contribution in [0.2, 0.25) is 0 Å². The minimum atomic E-state index is -0.988. The van der Waals surface area contributed by atoms with E-state index in [0.717, 1.165) is 18.9 Å². The molecule has 1 aromatic carbocycles. The quantitative estimate of drug-likeness (QED) is 0.738. The van der Waals surface area contributed by atoms with Crippen molar-refractivity contribution >= 4 is 12.0 Å². The average molecular weight is 278 g/mol. The molecular formula is C16H22O4. The molecule has 1 aromatic rings. The van der Waals surface area contributed by atoms with Gasteiger partial charge >= 0.3 is 5.97 Å². The fraction of sp³-hybridized carbons (Fsp3) is 0.438. The molecule has 110 valence electrons. The van der Waals surface area contributed by atoms with Gasteiger partial charge in [-0.3, -0.25) is 0 Å². The summed E-state index contributed by atoms with van der Waals surface area (Å²) in [7, 11) is 1.57. The maximum Gasteiger partial charge on any atom is 0.328 e. The summed E-state index contributed by atoms with van der Waals surface area (Å²) < 4.78 is 10.9. The third-order valence-corrected chi connectivity index (χ3v) is 2.93. The van der Waals surface area contributed by atoms with Crippen molar-refractivity contribution < 1.29 is 19.4 Å². The smallest absolute Gasteiger partial charge is 0.328 e. The molecule has 0 aliphatic rings. The van der Waals surface area contributed by atoms with E-state index in [2.05, 4.69) is 13.8 Å². The van der Waals surface area contributed by atoms with Gasteiger partial charge in [0, 0.05) is 11.6 Å². The van der Waals surface area contributed by atoms with Crippen molar-refractivity contribution in [2.24, 2.45) is 5.92 Å². The number of hydrogen-bond acceptors (Lipinski definition) is 3. The molecule has 0 saturated heterocycles. The summed E-state index contributed by atoms with van der Waals surface area (Å²) >= 11 is 0. The van der Waals surface area contributed by atoms with Crippen LogP contribution in [0.4, 0.5) is 0 Å². The number of ether oxygens (including phenoxy) is 2. The number of carboxylic acid groups (broad SMARTS) is 1. The van der Waals surface area contributed by atoms with Crippen LogP contribution in [0, 0.1) is 5.92 Å². The van der Waals surface area contributed by atoms with Gasteiger partial charge in [-0.25, -0.2) is 4.79 Å². The minimum absolute atomic E-state index is 0.471. The molecule has 1 N–H and O–H groups in total. The highest BCUT2D eigenvalue weighted by molar-refractivity contribution is 5.86. The van der Waals surface area contributed by atoms with Crippen LogP contribution in [0.25, 0.3) is 6.08 Å². The van der Waals surface area contributed by atoms with Crippen molar-refractivity contribution in [1.82, 2.24) is 0 Å². The van der Waals surface area contributed by atoms with Gasteiger partial charge < -0.3 is 14.6 Å². The van der Waals surface area contributed by atoms with Gasteiger partial charge in [-0.1, -0.05) is 20.3 Å². The van der Waals surface area contributed by atoms with Gasteiger partial charge in [0.15, 0.2) is 0 Å². The number of carbonyl (C=O) groups is 1. The van der Waals surface area contributed by atoms with Crippen LogP contribution >= 0.6 is 0 Å². The van der Waals surface area contributed by atoms with Crippen molar-refractivity contribution in [2.75, 3.05) is 13.7 Å². The Hall–Kier alpha value is -1.97. The van der Waals surface area contributed by atoms with Crippen LogP contribution < -0.4 is 9.47 Å². The molecule has 0 saturated carbocycles. The van der Waals surface area contributed by atoms with E-state index < -0.39 is 5.97 Å². The van der Waals surface area contributed by atoms with E-state index in [0.29, 0.717) is 29.6 Å². The average Bonchev–Trinajstić information content (AvgIpc) is 2.43. The molecule has 0 radical (unpaired) electrons. The summed E-state index contributed by atoms with van der Waals surface area (Å²) in [6, 6.07) is 5.37. The van der Waals surface area contributed by atoms with Crippen LogP contribution in [0.5, 0.6) is 11.5 Å². The van der Waals surface area contributed by atoms with E-state index in [9.17, 15) is 4.79 Å². The van der Waals surface area contributed by atoms with Crippen molar-refractivity contribution in [1.29, 1.82) is 0 Å². The fourth-order valence-corrected chi connectivity index (χ4v) is 1.88. The molecule has 0 aliphatic carbocycles. The third kappa shape index (κ3) is 5.34. The number of methoxy groups -OCH3 is 1. The van der Waals surface area contributed by atoms with Crippen LogP contribution in [0.15, 0.2) is 24.3 Å². The van der Waals surface area contributed by atoms with E-state index in [-0.39, 0.29) is 0 Å². The van der Waals surface area contributed by atoms with Gasteiger partial charge in [-0.2, -0.15) is 0 Å². The van der Waals surface area contributed by atoms with Crippen molar-refractivity contribution in [3.05, 3.63) is 29.8 Å². The summed E-state index contributed by atoms with van der Waals surface area (Å²) in [6.07, 6.45) is 4.84. The lowest BCUT2D eigenvalue weighted by Gasteiger charge is -2.14. The number of rotatable bonds is 8. The lowest BCUT2D eigenvalue weighted by molar-refractivity contribution is -0.131. The number of benzene rings is 1. The zero-order chi connectivity index (χ0) is 15.0. The topological polar surface area (TPSA) is 55.8 Å². The Balaban J connectivity index is 2.85. The molecule has 1 rings (SSSR count). The monoisotopic (exact) mass is 278 g/mol. The maximum atomic E-state index is 10.6. The Morgan fingerprint density at radius 2 is 2.20 bits per heavy atom. The lowest BCUT2D eigenvalue weighted by Crippen LogP contribution is -2.08. The van der Waals surface area contributed by atoms with Gasteiger partial charge in [-0.15, -0.1) is 0 Å². The zero-order valence-corrected chi connectivity index (χ0v) is 12.3. The SMILES string of the molecule is CCCC(C)COc1ccc(OC)cc1C=CC(=O)O. The van der Waals surface area contributed by atoms with E-state index in [1.807, 2.05) is 0 Å². The highest BCUT2D eigenvalue weighted by Crippen LogP contribution is 2.26. The van der Waals surface area contributed by atoms with E-state index in [4.69, 9.17) is 14.6 Å². The van der Waals surface area contributed by atoms with Crippen LogP contribution in [0.1, 0.15) is 32.3 Å². The Labute approximate surface area is 120 Å².